The predicted molar refractivity (Wildman–Crippen MR) is 24.9 cm³/mol. The van der Waals surface area contributed by atoms with Gasteiger partial charge >= 0.3 is 6.18 Å². The van der Waals surface area contributed by atoms with E-state index in [0.29, 0.717) is 0 Å². The molecule has 0 bridgehead atoms. The lowest BCUT2D eigenvalue weighted by Crippen LogP contribution is -2.24. The number of thiol groups is 1. The van der Waals surface area contributed by atoms with E-state index in [1.165, 1.54) is 0 Å². The summed E-state index contributed by atoms with van der Waals surface area (Å²) in [5.41, 5.74) is 0. The standard InChI is InChI=1S/C3H3F3OS/c4-3(5,6)2(8)1-7/h1-2,8H. The number of hydrogen-bond donors (Lipinski definition) is 1. The third-order valence-corrected chi connectivity index (χ3v) is 0.879. The van der Waals surface area contributed by atoms with Crippen molar-refractivity contribution in [3.63, 3.8) is 0 Å². The van der Waals surface area contributed by atoms with Gasteiger partial charge in [-0.1, -0.05) is 0 Å². The van der Waals surface area contributed by atoms with Gasteiger partial charge in [-0.25, -0.2) is 0 Å². The van der Waals surface area contributed by atoms with Crippen LogP contribution in [0.15, 0.2) is 0 Å². The van der Waals surface area contributed by atoms with Crippen molar-refractivity contribution in [1.82, 2.24) is 0 Å². The molecule has 0 aliphatic rings. The molecule has 0 heterocycles. The van der Waals surface area contributed by atoms with E-state index in [0.717, 1.165) is 0 Å². The van der Waals surface area contributed by atoms with Crippen molar-refractivity contribution in [1.29, 1.82) is 0 Å². The van der Waals surface area contributed by atoms with Crippen LogP contribution in [0.3, 0.4) is 0 Å². The van der Waals surface area contributed by atoms with Crippen LogP contribution in [0.1, 0.15) is 0 Å². The fourth-order valence-electron chi connectivity index (χ4n) is 0.0772. The summed E-state index contributed by atoms with van der Waals surface area (Å²) in [7, 11) is 0. The zero-order chi connectivity index (χ0) is 6.78. The van der Waals surface area contributed by atoms with Gasteiger partial charge < -0.3 is 4.79 Å². The van der Waals surface area contributed by atoms with Gasteiger partial charge in [0.1, 0.15) is 6.29 Å². The van der Waals surface area contributed by atoms with Crippen LogP contribution in [0.2, 0.25) is 0 Å². The van der Waals surface area contributed by atoms with Gasteiger partial charge in [0.05, 0.1) is 0 Å². The Labute approximate surface area is 49.3 Å². The maximum atomic E-state index is 11.1. The Kier molecular flexibility index (Phi) is 2.33. The number of carbonyl (C=O) groups is 1. The van der Waals surface area contributed by atoms with Crippen LogP contribution in [0, 0.1) is 0 Å². The summed E-state index contributed by atoms with van der Waals surface area (Å²) in [6.45, 7) is 0. The van der Waals surface area contributed by atoms with E-state index in [4.69, 9.17) is 0 Å². The van der Waals surface area contributed by atoms with Gasteiger partial charge in [-0.3, -0.25) is 0 Å². The third kappa shape index (κ3) is 2.20. The van der Waals surface area contributed by atoms with Gasteiger partial charge in [-0.15, -0.1) is 0 Å². The smallest absolute Gasteiger partial charge is 0.302 e. The summed E-state index contributed by atoms with van der Waals surface area (Å²) in [6, 6.07) is 0. The molecule has 0 saturated carbocycles. The molecule has 0 N–H and O–H groups in total. The van der Waals surface area contributed by atoms with Crippen molar-refractivity contribution in [2.45, 2.75) is 11.4 Å². The van der Waals surface area contributed by atoms with Crippen LogP contribution < -0.4 is 0 Å². The van der Waals surface area contributed by atoms with Crippen LogP contribution in [-0.2, 0) is 4.79 Å². The molecular weight excluding hydrogens is 141 g/mol. The van der Waals surface area contributed by atoms with Gasteiger partial charge in [-0.2, -0.15) is 25.8 Å². The van der Waals surface area contributed by atoms with Gasteiger partial charge in [0, 0.05) is 0 Å². The minimum absolute atomic E-state index is 0.261. The summed E-state index contributed by atoms with van der Waals surface area (Å²) in [5.74, 6) is 0. The minimum atomic E-state index is -4.50. The second-order valence-corrected chi connectivity index (χ2v) is 1.68. The first-order chi connectivity index (χ1) is 3.48. The van der Waals surface area contributed by atoms with Crippen molar-refractivity contribution in [2.75, 3.05) is 0 Å². The van der Waals surface area contributed by atoms with E-state index in [1.54, 1.807) is 0 Å². The number of alkyl halides is 3. The second kappa shape index (κ2) is 2.39. The maximum absolute atomic E-state index is 11.1. The number of aldehydes is 1. The Morgan fingerprint density at radius 3 is 1.88 bits per heavy atom. The molecule has 0 aromatic heterocycles. The summed E-state index contributed by atoms with van der Waals surface area (Å²) in [4.78, 5) is 9.36. The maximum Gasteiger partial charge on any atom is 0.406 e. The average Bonchev–Trinajstić information content (AvgIpc) is 1.62. The van der Waals surface area contributed by atoms with Crippen LogP contribution in [0.4, 0.5) is 13.2 Å². The Bertz CT molecular complexity index is 89.0. The topological polar surface area (TPSA) is 17.1 Å². The lowest BCUT2D eigenvalue weighted by Gasteiger charge is -2.05. The van der Waals surface area contributed by atoms with E-state index in [-0.39, 0.29) is 6.29 Å². The molecule has 0 amide bonds. The molecule has 5 heteroatoms. The summed E-state index contributed by atoms with van der Waals surface area (Å²) < 4.78 is 33.4. The normalized spacial score (nSPS) is 15.5. The highest BCUT2D eigenvalue weighted by Gasteiger charge is 2.36. The van der Waals surface area contributed by atoms with Gasteiger partial charge in [-0.05, 0) is 0 Å². The minimum Gasteiger partial charge on any atom is -0.302 e. The van der Waals surface area contributed by atoms with E-state index >= 15 is 0 Å². The quantitative estimate of drug-likeness (QED) is 0.430. The Morgan fingerprint density at radius 1 is 1.50 bits per heavy atom. The van der Waals surface area contributed by atoms with Gasteiger partial charge in [0.15, 0.2) is 5.25 Å². The lowest BCUT2D eigenvalue weighted by atomic mass is 10.5. The molecule has 48 valence electrons. The number of carbonyl (C=O) groups excluding carboxylic acids is 1. The largest absolute Gasteiger partial charge is 0.406 e. The van der Waals surface area contributed by atoms with E-state index in [9.17, 15) is 18.0 Å². The summed E-state index contributed by atoms with van der Waals surface area (Å²) >= 11 is 2.92. The highest BCUT2D eigenvalue weighted by molar-refractivity contribution is 7.81. The van der Waals surface area contributed by atoms with Gasteiger partial charge in [0.25, 0.3) is 0 Å². The first-order valence-electron chi connectivity index (χ1n) is 1.68. The van der Waals surface area contributed by atoms with Crippen molar-refractivity contribution in [3.8, 4) is 0 Å². The van der Waals surface area contributed by atoms with Crippen LogP contribution in [0.25, 0.3) is 0 Å². The highest BCUT2D eigenvalue weighted by atomic mass is 32.1. The zero-order valence-electron chi connectivity index (χ0n) is 3.64. The van der Waals surface area contributed by atoms with Crippen molar-refractivity contribution < 1.29 is 18.0 Å². The van der Waals surface area contributed by atoms with Crippen LogP contribution in [-0.4, -0.2) is 17.7 Å². The molecule has 0 aromatic carbocycles. The molecule has 1 nitrogen and oxygen atoms in total. The first kappa shape index (κ1) is 7.81. The Morgan fingerprint density at radius 2 is 1.88 bits per heavy atom. The number of hydrogen-bond acceptors (Lipinski definition) is 2. The highest BCUT2D eigenvalue weighted by Crippen LogP contribution is 2.22. The third-order valence-electron chi connectivity index (χ3n) is 0.464. The SMILES string of the molecule is O=CC(S)C(F)(F)F. The molecule has 0 rings (SSSR count). The average molecular weight is 144 g/mol. The van der Waals surface area contributed by atoms with E-state index in [2.05, 4.69) is 12.6 Å². The Hall–Kier alpha value is -0.190. The van der Waals surface area contributed by atoms with Crippen molar-refractivity contribution >= 4 is 18.9 Å². The molecule has 8 heavy (non-hydrogen) atoms. The zero-order valence-corrected chi connectivity index (χ0v) is 4.54. The molecular formula is C3H3F3OS. The summed E-state index contributed by atoms with van der Waals surface area (Å²) in [6.07, 6.45) is -4.76. The molecule has 1 atom stereocenters. The van der Waals surface area contributed by atoms with Crippen molar-refractivity contribution in [2.24, 2.45) is 0 Å². The molecule has 0 radical (unpaired) electrons. The number of rotatable bonds is 1. The monoisotopic (exact) mass is 144 g/mol. The van der Waals surface area contributed by atoms with Crippen LogP contribution in [0.5, 0.6) is 0 Å². The van der Waals surface area contributed by atoms with E-state index in [1.807, 2.05) is 0 Å². The molecule has 0 fully saturated rings. The molecule has 0 aliphatic carbocycles. The Balaban J connectivity index is 3.80. The van der Waals surface area contributed by atoms with Gasteiger partial charge in [0.2, 0.25) is 0 Å². The number of halogens is 3. The molecule has 1 unspecified atom stereocenters. The fourth-order valence-corrected chi connectivity index (χ4v) is 0.0772. The molecule has 0 aromatic rings. The lowest BCUT2D eigenvalue weighted by molar-refractivity contribution is -0.139. The van der Waals surface area contributed by atoms with Crippen LogP contribution >= 0.6 is 12.6 Å². The molecule has 0 spiro atoms. The second-order valence-electron chi connectivity index (χ2n) is 1.12. The molecule has 0 aliphatic heterocycles. The fraction of sp³-hybridized carbons (Fsp3) is 0.667. The van der Waals surface area contributed by atoms with E-state index < -0.39 is 11.4 Å². The summed E-state index contributed by atoms with van der Waals surface area (Å²) in [5, 5.41) is -2.14. The predicted octanol–water partition coefficient (Wildman–Crippen LogP) is 1.05. The van der Waals surface area contributed by atoms with Crippen molar-refractivity contribution in [3.05, 3.63) is 0 Å². The molecule has 0 saturated heterocycles. The first-order valence-corrected chi connectivity index (χ1v) is 2.20.